The summed E-state index contributed by atoms with van der Waals surface area (Å²) in [6.45, 7) is 10.3. The Labute approximate surface area is 135 Å². The van der Waals surface area contributed by atoms with E-state index in [-0.39, 0.29) is 12.6 Å². The number of likely N-dealkylation sites (tertiary alicyclic amines) is 1. The van der Waals surface area contributed by atoms with Crippen LogP contribution in [0.3, 0.4) is 0 Å². The number of urea groups is 1. The van der Waals surface area contributed by atoms with Crippen molar-refractivity contribution in [2.45, 2.75) is 58.5 Å². The zero-order valence-electron chi connectivity index (χ0n) is 14.4. The molecule has 1 aliphatic carbocycles. The van der Waals surface area contributed by atoms with Gasteiger partial charge in [-0.2, -0.15) is 0 Å². The molecule has 2 fully saturated rings. The normalized spacial score (nSPS) is 21.9. The number of carbonyl (C=O) groups is 1. The lowest BCUT2D eigenvalue weighted by Crippen LogP contribution is -2.52. The van der Waals surface area contributed by atoms with Gasteiger partial charge in [0, 0.05) is 25.2 Å². The third-order valence-corrected chi connectivity index (χ3v) is 5.11. The van der Waals surface area contributed by atoms with Gasteiger partial charge in [0.05, 0.1) is 6.61 Å². The molecule has 22 heavy (non-hydrogen) atoms. The lowest BCUT2D eigenvalue weighted by molar-refractivity contribution is 0.105. The van der Waals surface area contributed by atoms with Gasteiger partial charge in [0.1, 0.15) is 0 Å². The van der Waals surface area contributed by atoms with Crippen molar-refractivity contribution in [2.75, 3.05) is 32.8 Å². The molecule has 1 atom stereocenters. The second-order valence-corrected chi connectivity index (χ2v) is 7.36. The van der Waals surface area contributed by atoms with Gasteiger partial charge in [0.2, 0.25) is 0 Å². The Hall–Kier alpha value is -0.810. The van der Waals surface area contributed by atoms with Crippen molar-refractivity contribution in [3.05, 3.63) is 0 Å². The summed E-state index contributed by atoms with van der Waals surface area (Å²) in [5, 5.41) is 12.2. The zero-order valence-corrected chi connectivity index (χ0v) is 14.4. The first-order valence-electron chi connectivity index (χ1n) is 8.92. The van der Waals surface area contributed by atoms with Gasteiger partial charge in [-0.15, -0.1) is 0 Å². The molecular formula is C17H33N3O2. The zero-order chi connectivity index (χ0) is 16.1. The molecule has 1 unspecified atom stereocenters. The third kappa shape index (κ3) is 4.85. The van der Waals surface area contributed by atoms with Crippen LogP contribution in [0, 0.1) is 11.8 Å². The Morgan fingerprint density at radius 2 is 1.91 bits per heavy atom. The van der Waals surface area contributed by atoms with Crippen LogP contribution < -0.4 is 5.32 Å². The fraction of sp³-hybridized carbons (Fsp3) is 0.941. The first-order chi connectivity index (χ1) is 10.5. The maximum Gasteiger partial charge on any atom is 0.317 e. The minimum atomic E-state index is -0.00687. The van der Waals surface area contributed by atoms with Crippen molar-refractivity contribution < 1.29 is 9.90 Å². The van der Waals surface area contributed by atoms with E-state index >= 15 is 0 Å². The van der Waals surface area contributed by atoms with Gasteiger partial charge >= 0.3 is 6.03 Å². The maximum atomic E-state index is 12.4. The van der Waals surface area contributed by atoms with Crippen molar-refractivity contribution in [2.24, 2.45) is 11.8 Å². The summed E-state index contributed by atoms with van der Waals surface area (Å²) in [7, 11) is 0. The van der Waals surface area contributed by atoms with Crippen molar-refractivity contribution >= 4 is 6.03 Å². The molecule has 0 spiro atoms. The number of nitrogens with one attached hydrogen (secondary N) is 1. The first-order valence-corrected chi connectivity index (χ1v) is 8.92. The van der Waals surface area contributed by atoms with Crippen molar-refractivity contribution in [1.29, 1.82) is 0 Å². The van der Waals surface area contributed by atoms with Crippen LogP contribution in [0.5, 0.6) is 0 Å². The molecule has 1 aliphatic heterocycles. The quantitative estimate of drug-likeness (QED) is 0.755. The number of aliphatic hydroxyl groups is 1. The van der Waals surface area contributed by atoms with E-state index in [4.69, 9.17) is 5.11 Å². The highest BCUT2D eigenvalue weighted by atomic mass is 16.3. The fourth-order valence-corrected chi connectivity index (χ4v) is 3.38. The average molecular weight is 311 g/mol. The molecule has 1 saturated carbocycles. The monoisotopic (exact) mass is 311 g/mol. The summed E-state index contributed by atoms with van der Waals surface area (Å²) in [6.07, 6.45) is 4.67. The predicted octanol–water partition coefficient (Wildman–Crippen LogP) is 1.91. The Kier molecular flexibility index (Phi) is 6.50. The van der Waals surface area contributed by atoms with E-state index in [1.54, 1.807) is 4.90 Å². The predicted molar refractivity (Wildman–Crippen MR) is 88.8 cm³/mol. The summed E-state index contributed by atoms with van der Waals surface area (Å²) in [6, 6.07) is 0.750. The Morgan fingerprint density at radius 3 is 2.41 bits per heavy atom. The van der Waals surface area contributed by atoms with E-state index in [0.717, 1.165) is 31.8 Å². The van der Waals surface area contributed by atoms with E-state index in [1.807, 2.05) is 0 Å². The number of nitrogens with zero attached hydrogens (tertiary/aromatic N) is 2. The van der Waals surface area contributed by atoms with Gasteiger partial charge in [0.15, 0.2) is 0 Å². The van der Waals surface area contributed by atoms with Crippen LogP contribution in [0.4, 0.5) is 4.79 Å². The fourth-order valence-electron chi connectivity index (χ4n) is 3.38. The van der Waals surface area contributed by atoms with Gasteiger partial charge in [-0.3, -0.25) is 4.90 Å². The van der Waals surface area contributed by atoms with Gasteiger partial charge < -0.3 is 15.3 Å². The van der Waals surface area contributed by atoms with Crippen LogP contribution in [0.15, 0.2) is 0 Å². The van der Waals surface area contributed by atoms with E-state index in [1.165, 1.54) is 12.8 Å². The Bertz CT molecular complexity index is 350. The van der Waals surface area contributed by atoms with E-state index in [0.29, 0.717) is 31.1 Å². The number of carbonyl (C=O) groups excluding carboxylic acids is 1. The standard InChI is InChI=1S/C17H33N3O2/c1-13(2)16(19-8-6-14(3)7-9-19)12-18-17(22)20(10-11-21)15-4-5-15/h13-16,21H,4-12H2,1-3H3,(H,18,22). The van der Waals surface area contributed by atoms with Crippen LogP contribution in [0.1, 0.15) is 46.5 Å². The molecule has 2 N–H and O–H groups in total. The average Bonchev–Trinajstić information content (AvgIpc) is 3.30. The second kappa shape index (κ2) is 8.16. The minimum Gasteiger partial charge on any atom is -0.395 e. The molecule has 0 radical (unpaired) electrons. The summed E-state index contributed by atoms with van der Waals surface area (Å²) in [5.41, 5.74) is 0. The van der Waals surface area contributed by atoms with Crippen molar-refractivity contribution in [1.82, 2.24) is 15.1 Å². The number of piperidine rings is 1. The minimum absolute atomic E-state index is 0.00687. The lowest BCUT2D eigenvalue weighted by atomic mass is 9.94. The van der Waals surface area contributed by atoms with Gasteiger partial charge in [-0.05, 0) is 50.6 Å². The lowest BCUT2D eigenvalue weighted by Gasteiger charge is -2.39. The van der Waals surface area contributed by atoms with Gasteiger partial charge in [0.25, 0.3) is 0 Å². The van der Waals surface area contributed by atoms with Gasteiger partial charge in [-0.25, -0.2) is 4.79 Å². The molecule has 128 valence electrons. The van der Waals surface area contributed by atoms with Crippen LogP contribution in [0.25, 0.3) is 0 Å². The maximum absolute atomic E-state index is 12.4. The molecule has 2 amide bonds. The first kappa shape index (κ1) is 17.5. The molecule has 1 saturated heterocycles. The molecule has 0 bridgehead atoms. The molecule has 2 rings (SSSR count). The highest BCUT2D eigenvalue weighted by Crippen LogP contribution is 2.26. The number of rotatable bonds is 7. The molecule has 0 aromatic heterocycles. The van der Waals surface area contributed by atoms with Crippen LogP contribution >= 0.6 is 0 Å². The molecule has 5 heteroatoms. The number of hydrogen-bond acceptors (Lipinski definition) is 3. The third-order valence-electron chi connectivity index (χ3n) is 5.11. The summed E-state index contributed by atoms with van der Waals surface area (Å²) in [5.74, 6) is 1.36. The van der Waals surface area contributed by atoms with Crippen LogP contribution in [-0.2, 0) is 0 Å². The number of amides is 2. The second-order valence-electron chi connectivity index (χ2n) is 7.36. The number of aliphatic hydroxyl groups excluding tert-OH is 1. The highest BCUT2D eigenvalue weighted by Gasteiger charge is 2.33. The molecule has 1 heterocycles. The van der Waals surface area contributed by atoms with E-state index < -0.39 is 0 Å². The summed E-state index contributed by atoms with van der Waals surface area (Å²) >= 11 is 0. The Morgan fingerprint density at radius 1 is 1.27 bits per heavy atom. The van der Waals surface area contributed by atoms with Crippen LogP contribution in [-0.4, -0.2) is 65.8 Å². The van der Waals surface area contributed by atoms with Crippen molar-refractivity contribution in [3.8, 4) is 0 Å². The molecule has 0 aromatic carbocycles. The topological polar surface area (TPSA) is 55.8 Å². The highest BCUT2D eigenvalue weighted by molar-refractivity contribution is 5.75. The Balaban J connectivity index is 1.84. The smallest absolute Gasteiger partial charge is 0.317 e. The molecule has 5 nitrogen and oxygen atoms in total. The largest absolute Gasteiger partial charge is 0.395 e. The van der Waals surface area contributed by atoms with Crippen molar-refractivity contribution in [3.63, 3.8) is 0 Å². The molecule has 0 aromatic rings. The summed E-state index contributed by atoms with van der Waals surface area (Å²) < 4.78 is 0. The SMILES string of the molecule is CC1CCN(C(CNC(=O)N(CCO)C2CC2)C(C)C)CC1. The molecular weight excluding hydrogens is 278 g/mol. The number of hydrogen-bond donors (Lipinski definition) is 2. The van der Waals surface area contributed by atoms with Crippen LogP contribution in [0.2, 0.25) is 0 Å². The van der Waals surface area contributed by atoms with Gasteiger partial charge in [-0.1, -0.05) is 20.8 Å². The summed E-state index contributed by atoms with van der Waals surface area (Å²) in [4.78, 5) is 16.7. The van der Waals surface area contributed by atoms with E-state index in [2.05, 4.69) is 31.0 Å². The molecule has 2 aliphatic rings. The van der Waals surface area contributed by atoms with E-state index in [9.17, 15) is 4.79 Å².